The minimum Gasteiger partial charge on any atom is -0.493 e. The summed E-state index contributed by atoms with van der Waals surface area (Å²) in [6, 6.07) is 8.84. The fraction of sp³-hybridized carbons (Fsp3) is 0.250. The molecule has 0 heterocycles. The molecule has 0 aliphatic carbocycles. The van der Waals surface area contributed by atoms with Crippen LogP contribution < -0.4 is 14.8 Å². The molecule has 0 aliphatic rings. The molecule has 0 saturated heterocycles. The predicted octanol–water partition coefficient (Wildman–Crippen LogP) is 3.98. The summed E-state index contributed by atoms with van der Waals surface area (Å²) in [5, 5.41) is 2.97. The van der Waals surface area contributed by atoms with Crippen molar-refractivity contribution in [3.05, 3.63) is 53.6 Å². The van der Waals surface area contributed by atoms with Gasteiger partial charge in [-0.25, -0.2) is 8.78 Å². The van der Waals surface area contributed by atoms with Gasteiger partial charge in [0, 0.05) is 18.3 Å². The topological polar surface area (TPSA) is 30.5 Å². The van der Waals surface area contributed by atoms with E-state index in [0.29, 0.717) is 30.3 Å². The van der Waals surface area contributed by atoms with Crippen LogP contribution in [0.3, 0.4) is 0 Å². The van der Waals surface area contributed by atoms with Crippen LogP contribution in [0.25, 0.3) is 0 Å². The van der Waals surface area contributed by atoms with Crippen LogP contribution in [0.15, 0.2) is 36.4 Å². The van der Waals surface area contributed by atoms with Crippen molar-refractivity contribution in [2.24, 2.45) is 0 Å². The highest BCUT2D eigenvalue weighted by Crippen LogP contribution is 2.28. The van der Waals surface area contributed by atoms with Gasteiger partial charge in [-0.2, -0.15) is 0 Å². The van der Waals surface area contributed by atoms with Crippen LogP contribution in [-0.4, -0.2) is 13.7 Å². The molecule has 2 aromatic carbocycles. The van der Waals surface area contributed by atoms with Crippen molar-refractivity contribution in [2.75, 3.05) is 19.0 Å². The molecule has 0 fully saturated rings. The Kier molecular flexibility index (Phi) is 4.98. The Morgan fingerprint density at radius 3 is 2.33 bits per heavy atom. The first-order chi connectivity index (χ1) is 10.1. The van der Waals surface area contributed by atoms with Crippen molar-refractivity contribution in [1.29, 1.82) is 0 Å². The lowest BCUT2D eigenvalue weighted by Crippen LogP contribution is -2.02. The highest BCUT2D eigenvalue weighted by molar-refractivity contribution is 5.47. The number of nitrogens with one attached hydrogen (secondary N) is 1. The van der Waals surface area contributed by atoms with Crippen LogP contribution in [0, 0.1) is 11.6 Å². The lowest BCUT2D eigenvalue weighted by molar-refractivity contribution is 0.310. The Morgan fingerprint density at radius 1 is 1.00 bits per heavy atom. The van der Waals surface area contributed by atoms with Crippen molar-refractivity contribution >= 4 is 5.69 Å². The van der Waals surface area contributed by atoms with E-state index in [1.807, 2.05) is 25.1 Å². The standard InChI is InChI=1S/C16H17F2NO2/c1-3-21-15-5-4-11(6-16(15)20-2)10-19-14-8-12(17)7-13(18)9-14/h4-9,19H,3,10H2,1-2H3. The first-order valence-corrected chi connectivity index (χ1v) is 6.62. The minimum absolute atomic E-state index is 0.389. The van der Waals surface area contributed by atoms with Gasteiger partial charge in [0.2, 0.25) is 0 Å². The van der Waals surface area contributed by atoms with Gasteiger partial charge in [-0.05, 0) is 36.8 Å². The zero-order valence-electron chi connectivity index (χ0n) is 12.0. The predicted molar refractivity (Wildman–Crippen MR) is 77.8 cm³/mol. The highest BCUT2D eigenvalue weighted by atomic mass is 19.1. The molecule has 0 bridgehead atoms. The number of hydrogen-bond donors (Lipinski definition) is 1. The zero-order chi connectivity index (χ0) is 15.2. The average molecular weight is 293 g/mol. The van der Waals surface area contributed by atoms with Gasteiger partial charge < -0.3 is 14.8 Å². The Balaban J connectivity index is 2.09. The van der Waals surface area contributed by atoms with E-state index in [2.05, 4.69) is 5.32 Å². The number of hydrogen-bond acceptors (Lipinski definition) is 3. The molecule has 2 rings (SSSR count). The molecule has 0 amide bonds. The maximum absolute atomic E-state index is 13.1. The summed E-state index contributed by atoms with van der Waals surface area (Å²) in [5.41, 5.74) is 1.31. The number of halogens is 2. The molecule has 2 aromatic rings. The van der Waals surface area contributed by atoms with Crippen molar-refractivity contribution in [2.45, 2.75) is 13.5 Å². The molecule has 3 nitrogen and oxygen atoms in total. The lowest BCUT2D eigenvalue weighted by atomic mass is 10.2. The largest absolute Gasteiger partial charge is 0.493 e. The Morgan fingerprint density at radius 2 is 1.71 bits per heavy atom. The van der Waals surface area contributed by atoms with Crippen LogP contribution in [0.2, 0.25) is 0 Å². The van der Waals surface area contributed by atoms with Crippen molar-refractivity contribution in [1.82, 2.24) is 0 Å². The molecule has 0 spiro atoms. The molecule has 0 aliphatic heterocycles. The smallest absolute Gasteiger partial charge is 0.161 e. The number of anilines is 1. The van der Waals surface area contributed by atoms with Gasteiger partial charge >= 0.3 is 0 Å². The second-order valence-corrected chi connectivity index (χ2v) is 4.43. The van der Waals surface area contributed by atoms with Gasteiger partial charge in [0.15, 0.2) is 11.5 Å². The van der Waals surface area contributed by atoms with Gasteiger partial charge in [0.1, 0.15) is 11.6 Å². The molecule has 0 radical (unpaired) electrons. The molecule has 112 valence electrons. The molecular formula is C16H17F2NO2. The maximum atomic E-state index is 13.1. The summed E-state index contributed by atoms with van der Waals surface area (Å²) in [6.07, 6.45) is 0. The molecule has 0 saturated carbocycles. The highest BCUT2D eigenvalue weighted by Gasteiger charge is 2.06. The summed E-state index contributed by atoms with van der Waals surface area (Å²) in [4.78, 5) is 0. The minimum atomic E-state index is -0.609. The number of methoxy groups -OCH3 is 1. The Labute approximate surface area is 122 Å². The van der Waals surface area contributed by atoms with Crippen molar-refractivity contribution in [3.63, 3.8) is 0 Å². The molecule has 0 unspecified atom stereocenters. The van der Waals surface area contributed by atoms with Gasteiger partial charge in [-0.15, -0.1) is 0 Å². The Bertz CT molecular complexity index is 597. The molecule has 21 heavy (non-hydrogen) atoms. The SMILES string of the molecule is CCOc1ccc(CNc2cc(F)cc(F)c2)cc1OC. The van der Waals surface area contributed by atoms with E-state index < -0.39 is 11.6 Å². The molecule has 5 heteroatoms. The van der Waals surface area contributed by atoms with E-state index in [1.165, 1.54) is 12.1 Å². The van der Waals surface area contributed by atoms with Gasteiger partial charge in [0.05, 0.1) is 13.7 Å². The average Bonchev–Trinajstić information content (AvgIpc) is 2.45. The summed E-state index contributed by atoms with van der Waals surface area (Å²) < 4.78 is 36.9. The van der Waals surface area contributed by atoms with Crippen LogP contribution in [0.5, 0.6) is 11.5 Å². The summed E-state index contributed by atoms with van der Waals surface area (Å²) in [7, 11) is 1.57. The van der Waals surface area contributed by atoms with E-state index in [4.69, 9.17) is 9.47 Å². The second-order valence-electron chi connectivity index (χ2n) is 4.43. The molecule has 1 N–H and O–H groups in total. The monoisotopic (exact) mass is 293 g/mol. The number of benzene rings is 2. The van der Waals surface area contributed by atoms with E-state index in [-0.39, 0.29) is 0 Å². The van der Waals surface area contributed by atoms with E-state index in [1.54, 1.807) is 7.11 Å². The third kappa shape index (κ3) is 4.08. The third-order valence-electron chi connectivity index (χ3n) is 2.89. The van der Waals surface area contributed by atoms with Crippen molar-refractivity contribution < 1.29 is 18.3 Å². The first-order valence-electron chi connectivity index (χ1n) is 6.62. The molecule has 0 aromatic heterocycles. The zero-order valence-corrected chi connectivity index (χ0v) is 12.0. The van der Waals surface area contributed by atoms with Gasteiger partial charge in [-0.1, -0.05) is 6.07 Å². The second kappa shape index (κ2) is 6.92. The lowest BCUT2D eigenvalue weighted by Gasteiger charge is -2.12. The van der Waals surface area contributed by atoms with E-state index in [0.717, 1.165) is 11.6 Å². The van der Waals surface area contributed by atoms with E-state index >= 15 is 0 Å². The van der Waals surface area contributed by atoms with Crippen molar-refractivity contribution in [3.8, 4) is 11.5 Å². The fourth-order valence-corrected chi connectivity index (χ4v) is 1.96. The first kappa shape index (κ1) is 15.1. The third-order valence-corrected chi connectivity index (χ3v) is 2.89. The number of ether oxygens (including phenoxy) is 2. The van der Waals surface area contributed by atoms with E-state index in [9.17, 15) is 8.78 Å². The molecule has 0 atom stereocenters. The van der Waals surface area contributed by atoms with Crippen LogP contribution in [0.1, 0.15) is 12.5 Å². The normalized spacial score (nSPS) is 10.3. The van der Waals surface area contributed by atoms with Gasteiger partial charge in [0.25, 0.3) is 0 Å². The molecular weight excluding hydrogens is 276 g/mol. The number of rotatable bonds is 6. The maximum Gasteiger partial charge on any atom is 0.161 e. The van der Waals surface area contributed by atoms with Crippen LogP contribution in [0.4, 0.5) is 14.5 Å². The van der Waals surface area contributed by atoms with Gasteiger partial charge in [-0.3, -0.25) is 0 Å². The summed E-state index contributed by atoms with van der Waals surface area (Å²) in [6.45, 7) is 2.87. The quantitative estimate of drug-likeness (QED) is 0.873. The van der Waals surface area contributed by atoms with Crippen LogP contribution >= 0.6 is 0 Å². The van der Waals surface area contributed by atoms with Crippen LogP contribution in [-0.2, 0) is 6.54 Å². The summed E-state index contributed by atoms with van der Waals surface area (Å²) in [5.74, 6) is 0.0747. The fourth-order valence-electron chi connectivity index (χ4n) is 1.96. The summed E-state index contributed by atoms with van der Waals surface area (Å²) >= 11 is 0. The Hall–Kier alpha value is -2.30.